The van der Waals surface area contributed by atoms with E-state index in [-0.39, 0.29) is 12.0 Å². The number of unbranched alkanes of at least 4 members (excludes halogenated alkanes) is 1. The number of carbonyl (C=O) groups excluding carboxylic acids is 3. The van der Waals surface area contributed by atoms with Crippen molar-refractivity contribution >= 4 is 18.1 Å². The largest absolute Gasteiger partial charge is 0.464 e. The van der Waals surface area contributed by atoms with Crippen LogP contribution in [0.4, 0.5) is 4.79 Å². The van der Waals surface area contributed by atoms with Gasteiger partial charge in [0.1, 0.15) is 11.8 Å². The normalized spacial score (nSPS) is 11.7. The minimum absolute atomic E-state index is 0.203. The molecule has 0 heterocycles. The zero-order chi connectivity index (χ0) is 23.4. The molecule has 0 aliphatic heterocycles. The second-order valence-corrected chi connectivity index (χ2v) is 7.82. The van der Waals surface area contributed by atoms with E-state index in [1.165, 1.54) is 11.6 Å². The second-order valence-electron chi connectivity index (χ2n) is 7.82. The van der Waals surface area contributed by atoms with Crippen LogP contribution in [0.3, 0.4) is 0 Å². The fourth-order valence-corrected chi connectivity index (χ4v) is 3.32. The summed E-state index contributed by atoms with van der Waals surface area (Å²) in [4.78, 5) is 38.1. The summed E-state index contributed by atoms with van der Waals surface area (Å²) in [6, 6.07) is 16.6. The zero-order valence-electron chi connectivity index (χ0n) is 18.8. The molecule has 1 atom stereocenters. The fourth-order valence-electron chi connectivity index (χ4n) is 3.32. The zero-order valence-corrected chi connectivity index (χ0v) is 18.8. The monoisotopic (exact) mass is 438 g/mol. The highest BCUT2D eigenvalue weighted by molar-refractivity contribution is 5.82. The Bertz CT molecular complexity index is 919. The molecular weight excluding hydrogens is 408 g/mol. The minimum atomic E-state index is -0.834. The maximum Gasteiger partial charge on any atom is 0.413 e. The van der Waals surface area contributed by atoms with Crippen LogP contribution in [0, 0.1) is 0 Å². The standard InChI is InChI=1S/C25H30N2O5/c1-4-31-23(29)22(12-8-9-17-26-18-28)27-24(30)32-21-15-13-20(14-16-21)25(2,3)19-10-6-5-7-11-19/h5-7,10-11,13-16,22H,4,8-9,12,17H2,1-3H3,(H,27,30). The Kier molecular flexibility index (Phi) is 9.64. The molecule has 0 saturated heterocycles. The molecule has 170 valence electrons. The number of benzene rings is 2. The molecule has 2 aromatic rings. The molecule has 0 aliphatic rings. The Morgan fingerprint density at radius 3 is 2.31 bits per heavy atom. The van der Waals surface area contributed by atoms with Crippen LogP contribution in [0.25, 0.3) is 0 Å². The van der Waals surface area contributed by atoms with Gasteiger partial charge in [-0.3, -0.25) is 0 Å². The first kappa shape index (κ1) is 24.8. The van der Waals surface area contributed by atoms with Gasteiger partial charge in [-0.25, -0.2) is 19.4 Å². The van der Waals surface area contributed by atoms with E-state index in [9.17, 15) is 14.4 Å². The first-order chi connectivity index (χ1) is 15.4. The van der Waals surface area contributed by atoms with Gasteiger partial charge in [0.05, 0.1) is 13.2 Å². The van der Waals surface area contributed by atoms with Gasteiger partial charge in [0.2, 0.25) is 6.08 Å². The predicted molar refractivity (Wildman–Crippen MR) is 121 cm³/mol. The maximum atomic E-state index is 12.4. The van der Waals surface area contributed by atoms with Crippen LogP contribution in [0.1, 0.15) is 51.2 Å². The first-order valence-corrected chi connectivity index (χ1v) is 10.7. The molecule has 2 aromatic carbocycles. The molecule has 1 unspecified atom stereocenters. The van der Waals surface area contributed by atoms with E-state index < -0.39 is 18.1 Å². The van der Waals surface area contributed by atoms with Crippen molar-refractivity contribution in [2.75, 3.05) is 13.2 Å². The third-order valence-corrected chi connectivity index (χ3v) is 5.22. The van der Waals surface area contributed by atoms with Gasteiger partial charge in [0.15, 0.2) is 0 Å². The lowest BCUT2D eigenvalue weighted by atomic mass is 9.78. The average Bonchev–Trinajstić information content (AvgIpc) is 2.79. The highest BCUT2D eigenvalue weighted by Crippen LogP contribution is 2.32. The summed E-state index contributed by atoms with van der Waals surface area (Å²) < 4.78 is 10.4. The maximum absolute atomic E-state index is 12.4. The van der Waals surface area contributed by atoms with Gasteiger partial charge in [0, 0.05) is 5.41 Å². The number of hydrogen-bond acceptors (Lipinski definition) is 6. The topological polar surface area (TPSA) is 94.1 Å². The summed E-state index contributed by atoms with van der Waals surface area (Å²) in [6.07, 6.45) is 2.28. The number of amides is 1. The lowest BCUT2D eigenvalue weighted by Crippen LogP contribution is -2.43. The molecule has 32 heavy (non-hydrogen) atoms. The molecule has 0 spiro atoms. The number of aliphatic imine (C=N–C) groups is 1. The van der Waals surface area contributed by atoms with E-state index in [0.717, 1.165) is 5.56 Å². The molecule has 0 radical (unpaired) electrons. The van der Waals surface area contributed by atoms with Crippen molar-refractivity contribution in [2.45, 2.75) is 51.5 Å². The number of nitrogens with one attached hydrogen (secondary N) is 1. The van der Waals surface area contributed by atoms with Gasteiger partial charge < -0.3 is 14.8 Å². The SMILES string of the molecule is CCOC(=O)C(CCCCN=C=O)NC(=O)Oc1ccc(C(C)(C)c2ccccc2)cc1. The van der Waals surface area contributed by atoms with E-state index in [0.29, 0.717) is 31.6 Å². The van der Waals surface area contributed by atoms with E-state index in [4.69, 9.17) is 9.47 Å². The molecule has 0 aliphatic carbocycles. The summed E-state index contributed by atoms with van der Waals surface area (Å²) >= 11 is 0. The number of isocyanates is 1. The summed E-state index contributed by atoms with van der Waals surface area (Å²) in [6.45, 7) is 6.50. The Morgan fingerprint density at radius 1 is 1.03 bits per heavy atom. The van der Waals surface area contributed by atoms with E-state index in [1.807, 2.05) is 30.3 Å². The van der Waals surface area contributed by atoms with Gasteiger partial charge in [-0.05, 0) is 49.4 Å². The first-order valence-electron chi connectivity index (χ1n) is 10.7. The highest BCUT2D eigenvalue weighted by Gasteiger charge is 2.24. The van der Waals surface area contributed by atoms with Gasteiger partial charge in [-0.2, -0.15) is 0 Å². The van der Waals surface area contributed by atoms with Crippen molar-refractivity contribution in [2.24, 2.45) is 4.99 Å². The van der Waals surface area contributed by atoms with Crippen molar-refractivity contribution in [3.05, 3.63) is 65.7 Å². The average molecular weight is 439 g/mol. The van der Waals surface area contributed by atoms with Crippen LogP contribution in [0.5, 0.6) is 5.75 Å². The molecule has 7 nitrogen and oxygen atoms in total. The van der Waals surface area contributed by atoms with Crippen molar-refractivity contribution in [1.29, 1.82) is 0 Å². The number of carbonyl (C=O) groups is 2. The Morgan fingerprint density at radius 2 is 1.69 bits per heavy atom. The van der Waals surface area contributed by atoms with Crippen molar-refractivity contribution in [3.8, 4) is 5.75 Å². The lowest BCUT2D eigenvalue weighted by Gasteiger charge is -2.26. The third-order valence-electron chi connectivity index (χ3n) is 5.22. The molecule has 0 aromatic heterocycles. The van der Waals surface area contributed by atoms with Crippen LogP contribution < -0.4 is 10.1 Å². The summed E-state index contributed by atoms with van der Waals surface area (Å²) in [5, 5.41) is 2.57. The van der Waals surface area contributed by atoms with Gasteiger partial charge in [-0.15, -0.1) is 0 Å². The smallest absolute Gasteiger partial charge is 0.413 e. The Hall–Kier alpha value is -3.44. The van der Waals surface area contributed by atoms with Gasteiger partial charge in [0.25, 0.3) is 0 Å². The number of hydrogen-bond donors (Lipinski definition) is 1. The quantitative estimate of drug-likeness (QED) is 0.241. The molecule has 1 amide bonds. The second kappa shape index (κ2) is 12.4. The van der Waals surface area contributed by atoms with Crippen LogP contribution >= 0.6 is 0 Å². The van der Waals surface area contributed by atoms with Crippen LogP contribution in [-0.2, 0) is 19.7 Å². The number of ether oxygens (including phenoxy) is 2. The van der Waals surface area contributed by atoms with E-state index in [1.54, 1.807) is 19.1 Å². The molecule has 0 fully saturated rings. The van der Waals surface area contributed by atoms with Crippen LogP contribution in [0.15, 0.2) is 59.6 Å². The highest BCUT2D eigenvalue weighted by atomic mass is 16.6. The fraction of sp³-hybridized carbons (Fsp3) is 0.400. The third kappa shape index (κ3) is 7.36. The van der Waals surface area contributed by atoms with Crippen molar-refractivity contribution < 1.29 is 23.9 Å². The van der Waals surface area contributed by atoms with Crippen LogP contribution in [0.2, 0.25) is 0 Å². The molecule has 0 saturated carbocycles. The molecule has 0 bridgehead atoms. The molecule has 7 heteroatoms. The molecule has 2 rings (SSSR count). The Labute approximate surface area is 188 Å². The van der Waals surface area contributed by atoms with Gasteiger partial charge >= 0.3 is 12.1 Å². The van der Waals surface area contributed by atoms with Crippen molar-refractivity contribution in [1.82, 2.24) is 5.32 Å². The van der Waals surface area contributed by atoms with E-state index >= 15 is 0 Å². The number of rotatable bonds is 11. The van der Waals surface area contributed by atoms with Gasteiger partial charge in [-0.1, -0.05) is 56.3 Å². The predicted octanol–water partition coefficient (Wildman–Crippen LogP) is 4.54. The molecular formula is C25H30N2O5. The number of esters is 1. The number of nitrogens with zero attached hydrogens (tertiary/aromatic N) is 1. The summed E-state index contributed by atoms with van der Waals surface area (Å²) in [5.74, 6) is -0.152. The molecule has 1 N–H and O–H groups in total. The lowest BCUT2D eigenvalue weighted by molar-refractivity contribution is -0.145. The van der Waals surface area contributed by atoms with Crippen molar-refractivity contribution in [3.63, 3.8) is 0 Å². The summed E-state index contributed by atoms with van der Waals surface area (Å²) in [5.41, 5.74) is 2.06. The van der Waals surface area contributed by atoms with Crippen LogP contribution in [-0.4, -0.2) is 37.3 Å². The Balaban J connectivity index is 1.98. The minimum Gasteiger partial charge on any atom is -0.464 e. The van der Waals surface area contributed by atoms with E-state index in [2.05, 4.69) is 36.3 Å². The summed E-state index contributed by atoms with van der Waals surface area (Å²) in [7, 11) is 0.